The second kappa shape index (κ2) is 7.05. The molecule has 1 unspecified atom stereocenters. The minimum absolute atomic E-state index is 0.00456. The molecule has 2 rings (SSSR count). The Kier molecular flexibility index (Phi) is 5.43. The molecule has 0 spiro atoms. The summed E-state index contributed by atoms with van der Waals surface area (Å²) >= 11 is 3.26. The Balaban J connectivity index is 2.72. The zero-order valence-corrected chi connectivity index (χ0v) is 15.7. The number of ether oxygens (including phenoxy) is 1. The van der Waals surface area contributed by atoms with Crippen molar-refractivity contribution >= 4 is 38.0 Å². The van der Waals surface area contributed by atoms with Gasteiger partial charge in [0.2, 0.25) is 5.60 Å². The fraction of sp³-hybridized carbons (Fsp3) is 0.176. The van der Waals surface area contributed by atoms with Crippen LogP contribution >= 0.6 is 15.9 Å². The molecule has 0 bridgehead atoms. The predicted molar refractivity (Wildman–Crippen MR) is 92.3 cm³/mol. The molecule has 0 aromatic heterocycles. The first-order valence-electron chi connectivity index (χ1n) is 7.02. The Morgan fingerprint density at radius 3 is 2.16 bits per heavy atom. The second-order valence-electron chi connectivity index (χ2n) is 5.37. The number of aldehydes is 1. The van der Waals surface area contributed by atoms with Crippen LogP contribution in [0.1, 0.15) is 18.1 Å². The molecule has 2 aromatic rings. The number of sulfone groups is 1. The molecule has 5 nitrogen and oxygen atoms in total. The van der Waals surface area contributed by atoms with Gasteiger partial charge in [-0.1, -0.05) is 34.1 Å². The van der Waals surface area contributed by atoms with Gasteiger partial charge in [0.25, 0.3) is 0 Å². The van der Waals surface area contributed by atoms with Gasteiger partial charge >= 0.3 is 5.97 Å². The molecule has 25 heavy (non-hydrogen) atoms. The van der Waals surface area contributed by atoms with Crippen molar-refractivity contribution in [2.75, 3.05) is 6.26 Å². The summed E-state index contributed by atoms with van der Waals surface area (Å²) in [6, 6.07) is 9.54. The van der Waals surface area contributed by atoms with Crippen LogP contribution in [0.4, 0.5) is 4.39 Å². The van der Waals surface area contributed by atoms with Crippen molar-refractivity contribution in [1.82, 2.24) is 0 Å². The van der Waals surface area contributed by atoms with Gasteiger partial charge < -0.3 is 4.74 Å². The van der Waals surface area contributed by atoms with E-state index in [1.54, 1.807) is 24.3 Å². The summed E-state index contributed by atoms with van der Waals surface area (Å²) in [5, 5.41) is 0. The molecule has 8 heteroatoms. The number of benzene rings is 2. The number of esters is 1. The number of halogens is 2. The Morgan fingerprint density at radius 1 is 1.16 bits per heavy atom. The van der Waals surface area contributed by atoms with E-state index >= 15 is 0 Å². The number of hydrogen-bond donors (Lipinski definition) is 0. The molecule has 0 heterocycles. The van der Waals surface area contributed by atoms with Crippen LogP contribution in [-0.2, 0) is 29.8 Å². The van der Waals surface area contributed by atoms with Gasteiger partial charge in [0.15, 0.2) is 16.1 Å². The van der Waals surface area contributed by atoms with Gasteiger partial charge in [-0.2, -0.15) is 0 Å². The molecule has 1 atom stereocenters. The van der Waals surface area contributed by atoms with Gasteiger partial charge in [0, 0.05) is 28.8 Å². The molecule has 0 aliphatic heterocycles. The molecule has 2 aromatic carbocycles. The van der Waals surface area contributed by atoms with Crippen LogP contribution in [-0.4, -0.2) is 26.9 Å². The smallest absolute Gasteiger partial charge is 0.304 e. The quantitative estimate of drug-likeness (QED) is 0.540. The maximum absolute atomic E-state index is 14.3. The lowest BCUT2D eigenvalue weighted by atomic mass is 9.87. The first-order valence-corrected chi connectivity index (χ1v) is 9.70. The molecule has 0 saturated heterocycles. The summed E-state index contributed by atoms with van der Waals surface area (Å²) in [6.45, 7) is 1.12. The molecular weight excluding hydrogens is 415 g/mol. The number of carbonyl (C=O) groups is 2. The molecule has 0 fully saturated rings. The molecule has 0 saturated carbocycles. The van der Waals surface area contributed by atoms with Crippen LogP contribution in [0, 0.1) is 5.82 Å². The van der Waals surface area contributed by atoms with E-state index in [2.05, 4.69) is 15.9 Å². The highest BCUT2D eigenvalue weighted by Gasteiger charge is 2.38. The summed E-state index contributed by atoms with van der Waals surface area (Å²) < 4.78 is 43.4. The van der Waals surface area contributed by atoms with E-state index in [9.17, 15) is 22.4 Å². The standard InChI is InChI=1S/C17H14BrFO5S/c1-11(21)24-17(10-20,12-3-6-14(18)7-4-12)13-5-8-16(15(19)9-13)25(2,22)23/h3-10H,1-2H3. The van der Waals surface area contributed by atoms with Crippen LogP contribution in [0.25, 0.3) is 0 Å². The van der Waals surface area contributed by atoms with Gasteiger partial charge in [0.1, 0.15) is 10.7 Å². The SMILES string of the molecule is CC(=O)OC(C=O)(c1ccc(Br)cc1)c1ccc(S(C)(=O)=O)c(F)c1. The minimum Gasteiger partial charge on any atom is -0.442 e. The van der Waals surface area contributed by atoms with Crippen molar-refractivity contribution in [1.29, 1.82) is 0 Å². The maximum Gasteiger partial charge on any atom is 0.304 e. The van der Waals surface area contributed by atoms with Gasteiger partial charge in [-0.3, -0.25) is 9.59 Å². The normalized spacial score (nSPS) is 13.8. The summed E-state index contributed by atoms with van der Waals surface area (Å²) in [7, 11) is -3.77. The predicted octanol–water partition coefficient (Wildman–Crippen LogP) is 3.00. The van der Waals surface area contributed by atoms with Crippen LogP contribution in [0.15, 0.2) is 51.8 Å². The molecule has 0 radical (unpaired) electrons. The van der Waals surface area contributed by atoms with E-state index in [4.69, 9.17) is 4.74 Å². The fourth-order valence-electron chi connectivity index (χ4n) is 2.40. The van der Waals surface area contributed by atoms with Crippen LogP contribution in [0.3, 0.4) is 0 Å². The Bertz CT molecular complexity index is 925. The monoisotopic (exact) mass is 428 g/mol. The van der Waals surface area contributed by atoms with E-state index in [1.165, 1.54) is 6.07 Å². The lowest BCUT2D eigenvalue weighted by Crippen LogP contribution is -2.35. The van der Waals surface area contributed by atoms with E-state index < -0.39 is 32.1 Å². The second-order valence-corrected chi connectivity index (χ2v) is 8.27. The molecule has 0 amide bonds. The van der Waals surface area contributed by atoms with Gasteiger partial charge in [-0.05, 0) is 24.3 Å². The molecule has 0 aliphatic rings. The third kappa shape index (κ3) is 3.96. The maximum atomic E-state index is 14.3. The van der Waals surface area contributed by atoms with E-state index in [-0.39, 0.29) is 5.56 Å². The summed E-state index contributed by atoms with van der Waals surface area (Å²) in [5.74, 6) is -1.78. The molecule has 132 valence electrons. The van der Waals surface area contributed by atoms with Crippen LogP contribution < -0.4 is 0 Å². The number of carbonyl (C=O) groups excluding carboxylic acids is 2. The summed E-state index contributed by atoms with van der Waals surface area (Å²) in [6.07, 6.45) is 1.26. The van der Waals surface area contributed by atoms with Crippen molar-refractivity contribution in [2.45, 2.75) is 17.4 Å². The van der Waals surface area contributed by atoms with Crippen LogP contribution in [0.5, 0.6) is 0 Å². The summed E-state index contributed by atoms with van der Waals surface area (Å²) in [4.78, 5) is 23.0. The average Bonchev–Trinajstić information content (AvgIpc) is 2.52. The number of rotatable bonds is 5. The van der Waals surface area contributed by atoms with Crippen molar-refractivity contribution in [3.63, 3.8) is 0 Å². The first kappa shape index (κ1) is 19.3. The largest absolute Gasteiger partial charge is 0.442 e. The topological polar surface area (TPSA) is 77.5 Å². The minimum atomic E-state index is -3.77. The summed E-state index contributed by atoms with van der Waals surface area (Å²) in [5.41, 5.74) is -1.58. The van der Waals surface area contributed by atoms with Gasteiger partial charge in [0.05, 0.1) is 0 Å². The van der Waals surface area contributed by atoms with Gasteiger partial charge in [-0.25, -0.2) is 12.8 Å². The highest BCUT2D eigenvalue weighted by atomic mass is 79.9. The lowest BCUT2D eigenvalue weighted by molar-refractivity contribution is -0.157. The third-order valence-electron chi connectivity index (χ3n) is 3.50. The third-order valence-corrected chi connectivity index (χ3v) is 5.16. The van der Waals surface area contributed by atoms with Crippen molar-refractivity contribution < 1.29 is 27.1 Å². The average molecular weight is 429 g/mol. The lowest BCUT2D eigenvalue weighted by Gasteiger charge is -2.29. The Labute approximate surface area is 152 Å². The zero-order chi connectivity index (χ0) is 18.8. The van der Waals surface area contributed by atoms with E-state index in [0.29, 0.717) is 11.8 Å². The zero-order valence-electron chi connectivity index (χ0n) is 13.3. The highest BCUT2D eigenvalue weighted by molar-refractivity contribution is 9.10. The first-order chi connectivity index (χ1) is 11.6. The molecular formula is C17H14BrFO5S. The van der Waals surface area contributed by atoms with Crippen LogP contribution in [0.2, 0.25) is 0 Å². The van der Waals surface area contributed by atoms with E-state index in [1.807, 2.05) is 0 Å². The Morgan fingerprint density at radius 2 is 1.72 bits per heavy atom. The Hall–Kier alpha value is -2.06. The van der Waals surface area contributed by atoms with Crippen molar-refractivity contribution in [2.24, 2.45) is 0 Å². The molecule has 0 aliphatic carbocycles. The van der Waals surface area contributed by atoms with Crippen molar-refractivity contribution in [3.8, 4) is 0 Å². The fourth-order valence-corrected chi connectivity index (χ4v) is 3.39. The van der Waals surface area contributed by atoms with E-state index in [0.717, 1.165) is 29.8 Å². The van der Waals surface area contributed by atoms with Crippen molar-refractivity contribution in [3.05, 3.63) is 63.9 Å². The molecule has 0 N–H and O–H groups in total. The number of hydrogen-bond acceptors (Lipinski definition) is 5. The van der Waals surface area contributed by atoms with Gasteiger partial charge in [-0.15, -0.1) is 0 Å². The highest BCUT2D eigenvalue weighted by Crippen LogP contribution is 2.34.